The maximum absolute atomic E-state index is 10.9. The van der Waals surface area contributed by atoms with Crippen LogP contribution in [0.2, 0.25) is 0 Å². The lowest BCUT2D eigenvalue weighted by Gasteiger charge is -2.36. The number of nitrogens with one attached hydrogen (secondary N) is 1. The zero-order valence-electron chi connectivity index (χ0n) is 19.8. The average Bonchev–Trinajstić information content (AvgIpc) is 3.04. The van der Waals surface area contributed by atoms with E-state index in [4.69, 9.17) is 5.10 Å². The summed E-state index contributed by atoms with van der Waals surface area (Å²) in [5.74, 6) is 2.52. The van der Waals surface area contributed by atoms with Crippen molar-refractivity contribution in [1.29, 1.82) is 0 Å². The second kappa shape index (κ2) is 14.1. The van der Waals surface area contributed by atoms with Crippen LogP contribution in [0.1, 0.15) is 77.9 Å². The van der Waals surface area contributed by atoms with Crippen LogP contribution >= 0.6 is 7.37 Å². The molecule has 172 valence electrons. The molecule has 0 aliphatic heterocycles. The lowest BCUT2D eigenvalue weighted by atomic mass is 10.2. The Kier molecular flexibility index (Phi) is 13.7. The van der Waals surface area contributed by atoms with E-state index in [1.54, 1.807) is 0 Å². The van der Waals surface area contributed by atoms with E-state index < -0.39 is 12.9 Å². The van der Waals surface area contributed by atoms with E-state index in [0.29, 0.717) is 0 Å². The molecule has 0 bridgehead atoms. The van der Waals surface area contributed by atoms with Gasteiger partial charge in [0.25, 0.3) is 5.82 Å². The number of methoxy groups -OCH3 is 2. The monoisotopic (exact) mass is 434 g/mol. The fraction of sp³-hybridized carbons (Fsp3) is 0.900. The summed E-state index contributed by atoms with van der Waals surface area (Å²) in [6.07, 6.45) is 9.49. The number of nitrogens with zero attached hydrogens (tertiary/aromatic N) is 3. The molecular formula is C20H43N4O4P. The zero-order valence-corrected chi connectivity index (χ0v) is 20.7. The highest BCUT2D eigenvalue weighted by Gasteiger charge is 2.31. The first-order valence-corrected chi connectivity index (χ1v) is 12.8. The van der Waals surface area contributed by atoms with E-state index in [1.807, 2.05) is 7.05 Å². The van der Waals surface area contributed by atoms with Crippen LogP contribution in [0.15, 0.2) is 0 Å². The number of hydrogen-bond acceptors (Lipinski definition) is 6. The van der Waals surface area contributed by atoms with Gasteiger partial charge < -0.3 is 18.9 Å². The Balaban J connectivity index is 0.000000665. The van der Waals surface area contributed by atoms with Crippen LogP contribution < -0.4 is 15.0 Å². The molecule has 1 N–H and O–H groups in total. The first-order chi connectivity index (χ1) is 13.6. The van der Waals surface area contributed by atoms with E-state index >= 15 is 0 Å². The van der Waals surface area contributed by atoms with Crippen molar-refractivity contribution in [1.82, 2.24) is 9.77 Å². The molecule has 0 aromatic carbocycles. The molecule has 0 aliphatic rings. The van der Waals surface area contributed by atoms with Gasteiger partial charge in [-0.25, -0.2) is 0 Å². The molecule has 0 radical (unpaired) electrons. The number of rotatable bonds is 13. The highest BCUT2D eigenvalue weighted by Crippen LogP contribution is 2.47. The van der Waals surface area contributed by atoms with Crippen molar-refractivity contribution in [3.05, 3.63) is 11.6 Å². The van der Waals surface area contributed by atoms with E-state index in [1.165, 1.54) is 71.3 Å². The standard InChI is InChI=1S/C15H31N4.C5H13O4P/c1-5-8-11-14-17-18(13-10-7-3)15(12-9-6-2)19(14)16-4;1-5(8-2,9-3)10(4,6)7/h16H,5-13H2,1-4H3;1-4H3,(H,6,7)/q+1;/p-1. The Bertz CT molecular complexity index is 612. The van der Waals surface area contributed by atoms with Crippen LogP contribution in [-0.2, 0) is 33.4 Å². The third-order valence-electron chi connectivity index (χ3n) is 5.00. The second-order valence-corrected chi connectivity index (χ2v) is 9.83. The van der Waals surface area contributed by atoms with Gasteiger partial charge in [0, 0.05) is 27.7 Å². The van der Waals surface area contributed by atoms with E-state index in [-0.39, 0.29) is 0 Å². The minimum Gasteiger partial charge on any atom is -0.796 e. The van der Waals surface area contributed by atoms with Crippen LogP contribution in [-0.4, -0.2) is 43.2 Å². The van der Waals surface area contributed by atoms with Crippen LogP contribution in [0.4, 0.5) is 0 Å². The van der Waals surface area contributed by atoms with E-state index in [0.717, 1.165) is 26.1 Å². The molecule has 8 nitrogen and oxygen atoms in total. The van der Waals surface area contributed by atoms with Gasteiger partial charge in [0.1, 0.15) is 6.54 Å². The van der Waals surface area contributed by atoms with Crippen molar-refractivity contribution in [2.45, 2.75) is 91.1 Å². The molecule has 0 saturated carbocycles. The molecular weight excluding hydrogens is 391 g/mol. The molecule has 1 aromatic heterocycles. The molecule has 1 rings (SSSR count). The lowest BCUT2D eigenvalue weighted by molar-refractivity contribution is -0.759. The Morgan fingerprint density at radius 1 is 1.10 bits per heavy atom. The predicted molar refractivity (Wildman–Crippen MR) is 116 cm³/mol. The molecule has 1 aromatic rings. The molecule has 1 heterocycles. The van der Waals surface area contributed by atoms with Gasteiger partial charge in [-0.3, -0.25) is 5.43 Å². The largest absolute Gasteiger partial charge is 0.796 e. The molecule has 9 heteroatoms. The summed E-state index contributed by atoms with van der Waals surface area (Å²) in [6, 6.07) is 0. The summed E-state index contributed by atoms with van der Waals surface area (Å²) in [4.78, 5) is 10.9. The van der Waals surface area contributed by atoms with Gasteiger partial charge in [-0.15, -0.1) is 9.36 Å². The smallest absolute Gasteiger partial charge is 0.302 e. The SMILES string of the molecule is CCCCc1n[n+](CCCC)c(CCCC)n1NC.COC(C)(OC)P(C)(=O)[O-]. The molecule has 1 unspecified atom stereocenters. The van der Waals surface area contributed by atoms with E-state index in [9.17, 15) is 9.46 Å². The maximum Gasteiger partial charge on any atom is 0.302 e. The van der Waals surface area contributed by atoms with Gasteiger partial charge >= 0.3 is 5.82 Å². The predicted octanol–water partition coefficient (Wildman–Crippen LogP) is 3.05. The maximum atomic E-state index is 10.9. The van der Waals surface area contributed by atoms with Crippen molar-refractivity contribution < 1.29 is 23.6 Å². The second-order valence-electron chi connectivity index (χ2n) is 7.33. The summed E-state index contributed by atoms with van der Waals surface area (Å²) in [5.41, 5.74) is 1.83. The lowest BCUT2D eigenvalue weighted by Crippen LogP contribution is -2.41. The third-order valence-corrected chi connectivity index (χ3v) is 6.84. The van der Waals surface area contributed by atoms with Crippen molar-refractivity contribution in [3.8, 4) is 0 Å². The summed E-state index contributed by atoms with van der Waals surface area (Å²) >= 11 is 0. The van der Waals surface area contributed by atoms with Crippen LogP contribution in [0.25, 0.3) is 0 Å². The van der Waals surface area contributed by atoms with Crippen molar-refractivity contribution in [3.63, 3.8) is 0 Å². The molecule has 0 saturated heterocycles. The highest BCUT2D eigenvalue weighted by molar-refractivity contribution is 7.57. The summed E-state index contributed by atoms with van der Waals surface area (Å²) < 4.78 is 24.6. The number of hydrogen-bond donors (Lipinski definition) is 1. The molecule has 0 aliphatic carbocycles. The Morgan fingerprint density at radius 2 is 1.62 bits per heavy atom. The number of unbranched alkanes of at least 4 members (excludes halogenated alkanes) is 3. The summed E-state index contributed by atoms with van der Waals surface area (Å²) in [5, 5.41) is 4.83. The van der Waals surface area contributed by atoms with Gasteiger partial charge in [-0.2, -0.15) is 0 Å². The average molecular weight is 435 g/mol. The zero-order chi connectivity index (χ0) is 22.5. The fourth-order valence-corrected chi connectivity index (χ4v) is 3.40. The first-order valence-electron chi connectivity index (χ1n) is 10.7. The Labute approximate surface area is 177 Å². The molecule has 29 heavy (non-hydrogen) atoms. The normalized spacial score (nSPS) is 13.6. The van der Waals surface area contributed by atoms with Crippen LogP contribution in [0.5, 0.6) is 0 Å². The van der Waals surface area contributed by atoms with Crippen molar-refractivity contribution in [2.75, 3.05) is 33.4 Å². The van der Waals surface area contributed by atoms with Gasteiger partial charge in [0.15, 0.2) is 0 Å². The number of aromatic nitrogens is 3. The number of ether oxygens (including phenoxy) is 2. The number of aryl methyl sites for hydroxylation is 2. The van der Waals surface area contributed by atoms with Crippen LogP contribution in [0, 0.1) is 0 Å². The molecule has 0 fully saturated rings. The van der Waals surface area contributed by atoms with Gasteiger partial charge in [-0.1, -0.05) is 40.0 Å². The van der Waals surface area contributed by atoms with Gasteiger partial charge in [0.2, 0.25) is 5.53 Å². The van der Waals surface area contributed by atoms with Crippen molar-refractivity contribution in [2.24, 2.45) is 0 Å². The van der Waals surface area contributed by atoms with Gasteiger partial charge in [-0.05, 0) is 37.9 Å². The van der Waals surface area contributed by atoms with E-state index in [2.05, 4.69) is 45.0 Å². The topological polar surface area (TPSA) is 92.3 Å². The molecule has 1 atom stereocenters. The van der Waals surface area contributed by atoms with Crippen molar-refractivity contribution >= 4 is 7.37 Å². The Morgan fingerprint density at radius 3 is 2.00 bits per heavy atom. The summed E-state index contributed by atoms with van der Waals surface area (Å²) in [6.45, 7) is 10.2. The highest BCUT2D eigenvalue weighted by atomic mass is 31.2. The Hall–Kier alpha value is -0.950. The third kappa shape index (κ3) is 8.75. The minimum absolute atomic E-state index is 1.04. The minimum atomic E-state index is -3.58. The van der Waals surface area contributed by atoms with Crippen LogP contribution in [0.3, 0.4) is 0 Å². The molecule has 0 spiro atoms. The fourth-order valence-electron chi connectivity index (χ4n) is 2.74. The quantitative estimate of drug-likeness (QED) is 0.291. The van der Waals surface area contributed by atoms with Gasteiger partial charge in [0.05, 0.1) is 13.8 Å². The molecule has 0 amide bonds. The first kappa shape index (κ1) is 28.1. The summed E-state index contributed by atoms with van der Waals surface area (Å²) in [7, 11) is 0.993.